The number of piperidine rings is 1. The number of nitrogens with zero attached hydrogens (tertiary/aromatic N) is 3. The van der Waals surface area contributed by atoms with E-state index in [1.165, 1.54) is 17.0 Å². The third-order valence-electron chi connectivity index (χ3n) is 5.49. The number of amides is 1. The van der Waals surface area contributed by atoms with Crippen molar-refractivity contribution >= 4 is 11.7 Å². The van der Waals surface area contributed by atoms with Crippen molar-refractivity contribution in [1.82, 2.24) is 19.5 Å². The van der Waals surface area contributed by atoms with Crippen molar-refractivity contribution in [2.75, 3.05) is 13.1 Å². The number of carboxylic acid groups (broad SMARTS) is 1. The number of aryl methyl sites for hydroxylation is 1. The minimum atomic E-state index is -4.48. The number of carbonyl (C=O) groups is 1. The molecule has 3 aromatic rings. The summed E-state index contributed by atoms with van der Waals surface area (Å²) in [7, 11) is 0. The number of nitrogens with one attached hydrogen (secondary N) is 1. The third kappa shape index (κ3) is 3.53. The van der Waals surface area contributed by atoms with Crippen LogP contribution in [0.25, 0.3) is 16.8 Å². The average Bonchev–Trinajstić information content (AvgIpc) is 3.02. The highest BCUT2D eigenvalue weighted by molar-refractivity contribution is 5.80. The summed E-state index contributed by atoms with van der Waals surface area (Å²) in [5.74, 6) is -0.0842. The number of halogens is 3. The smallest absolute Gasteiger partial charge is 0.416 e. The summed E-state index contributed by atoms with van der Waals surface area (Å²) in [6, 6.07) is 6.34. The van der Waals surface area contributed by atoms with Crippen LogP contribution in [0, 0.1) is 6.92 Å². The number of fused-ring (bicyclic) bond motifs is 1. The Labute approximate surface area is 168 Å². The van der Waals surface area contributed by atoms with E-state index >= 15 is 0 Å². The van der Waals surface area contributed by atoms with Crippen LogP contribution in [0.5, 0.6) is 0 Å². The SMILES string of the molecule is Cc1nn2c(C3CCN(C(=O)O)CC3)cc(=O)[nH]c2c1-c1cccc(C(F)(F)F)c1. The van der Waals surface area contributed by atoms with Crippen molar-refractivity contribution in [3.05, 3.63) is 57.6 Å². The van der Waals surface area contributed by atoms with Gasteiger partial charge in [-0.05, 0) is 37.5 Å². The molecule has 1 saturated heterocycles. The quantitative estimate of drug-likeness (QED) is 0.659. The predicted octanol–water partition coefficient (Wildman–Crippen LogP) is 3.87. The van der Waals surface area contributed by atoms with E-state index in [0.717, 1.165) is 12.1 Å². The monoisotopic (exact) mass is 420 g/mol. The van der Waals surface area contributed by atoms with Crippen LogP contribution >= 0.6 is 0 Å². The van der Waals surface area contributed by atoms with Gasteiger partial charge in [0.05, 0.1) is 17.0 Å². The van der Waals surface area contributed by atoms with E-state index in [9.17, 15) is 22.8 Å². The van der Waals surface area contributed by atoms with Gasteiger partial charge in [0.1, 0.15) is 5.65 Å². The van der Waals surface area contributed by atoms with Crippen LogP contribution in [0.15, 0.2) is 35.1 Å². The van der Waals surface area contributed by atoms with Crippen LogP contribution in [-0.4, -0.2) is 43.8 Å². The van der Waals surface area contributed by atoms with Gasteiger partial charge in [-0.15, -0.1) is 0 Å². The number of alkyl halides is 3. The summed E-state index contributed by atoms with van der Waals surface area (Å²) < 4.78 is 41.0. The summed E-state index contributed by atoms with van der Waals surface area (Å²) in [5.41, 5.74) is 1.02. The Morgan fingerprint density at radius 3 is 2.57 bits per heavy atom. The zero-order valence-corrected chi connectivity index (χ0v) is 16.0. The molecule has 2 aromatic heterocycles. The molecule has 0 radical (unpaired) electrons. The Hall–Kier alpha value is -3.30. The van der Waals surface area contributed by atoms with E-state index < -0.39 is 17.8 Å². The molecule has 0 unspecified atom stereocenters. The van der Waals surface area contributed by atoms with E-state index in [-0.39, 0.29) is 11.5 Å². The van der Waals surface area contributed by atoms with Gasteiger partial charge in [0.25, 0.3) is 5.56 Å². The molecule has 7 nitrogen and oxygen atoms in total. The third-order valence-corrected chi connectivity index (χ3v) is 5.49. The van der Waals surface area contributed by atoms with Gasteiger partial charge >= 0.3 is 12.3 Å². The number of benzene rings is 1. The van der Waals surface area contributed by atoms with Gasteiger partial charge in [0.2, 0.25) is 0 Å². The lowest BCUT2D eigenvalue weighted by Crippen LogP contribution is -2.37. The van der Waals surface area contributed by atoms with Crippen molar-refractivity contribution in [1.29, 1.82) is 0 Å². The zero-order chi connectivity index (χ0) is 21.6. The molecule has 1 aromatic carbocycles. The fraction of sp³-hybridized carbons (Fsp3) is 0.350. The van der Waals surface area contributed by atoms with Crippen LogP contribution in [0.4, 0.5) is 18.0 Å². The van der Waals surface area contributed by atoms with Crippen LogP contribution in [0.1, 0.15) is 35.7 Å². The molecule has 0 spiro atoms. The van der Waals surface area contributed by atoms with E-state index in [1.807, 2.05) is 0 Å². The summed E-state index contributed by atoms with van der Waals surface area (Å²) in [5, 5.41) is 13.6. The summed E-state index contributed by atoms with van der Waals surface area (Å²) in [6.45, 7) is 2.36. The molecule has 0 saturated carbocycles. The van der Waals surface area contributed by atoms with Crippen molar-refractivity contribution in [2.45, 2.75) is 31.9 Å². The van der Waals surface area contributed by atoms with Gasteiger partial charge in [-0.3, -0.25) is 4.79 Å². The van der Waals surface area contributed by atoms with Crippen molar-refractivity contribution in [2.24, 2.45) is 0 Å². The van der Waals surface area contributed by atoms with Crippen LogP contribution in [-0.2, 0) is 6.18 Å². The maximum Gasteiger partial charge on any atom is 0.416 e. The lowest BCUT2D eigenvalue weighted by atomic mass is 9.93. The van der Waals surface area contributed by atoms with Crippen molar-refractivity contribution in [3.8, 4) is 11.1 Å². The number of hydrogen-bond acceptors (Lipinski definition) is 3. The number of rotatable bonds is 2. The van der Waals surface area contributed by atoms with Crippen LogP contribution in [0.3, 0.4) is 0 Å². The number of aromatic nitrogens is 3. The topological polar surface area (TPSA) is 90.7 Å². The molecular weight excluding hydrogens is 401 g/mol. The molecule has 0 atom stereocenters. The van der Waals surface area contributed by atoms with E-state index in [1.54, 1.807) is 17.5 Å². The molecule has 30 heavy (non-hydrogen) atoms. The summed E-state index contributed by atoms with van der Waals surface area (Å²) in [4.78, 5) is 27.5. The Morgan fingerprint density at radius 2 is 1.93 bits per heavy atom. The number of H-pyrrole nitrogens is 1. The molecule has 0 aliphatic carbocycles. The van der Waals surface area contributed by atoms with E-state index in [2.05, 4.69) is 10.1 Å². The Morgan fingerprint density at radius 1 is 1.23 bits per heavy atom. The standard InChI is InChI=1S/C20H19F3N4O3/c1-11-17(13-3-2-4-14(9-13)20(21,22)23)18-24-16(28)10-15(27(18)25-11)12-5-7-26(8-6-12)19(29)30/h2-4,9-10,12H,5-8H2,1H3,(H,24,28)(H,29,30). The lowest BCUT2D eigenvalue weighted by Gasteiger charge is -2.30. The van der Waals surface area contributed by atoms with E-state index in [0.29, 0.717) is 54.1 Å². The molecule has 1 amide bonds. The molecule has 1 aliphatic rings. The van der Waals surface area contributed by atoms with Gasteiger partial charge in [0, 0.05) is 30.6 Å². The first kappa shape index (κ1) is 20.0. The molecule has 0 bridgehead atoms. The number of aromatic amines is 1. The van der Waals surface area contributed by atoms with Crippen LogP contribution < -0.4 is 5.56 Å². The number of hydrogen-bond donors (Lipinski definition) is 2. The molecule has 1 aliphatic heterocycles. The molecule has 10 heteroatoms. The minimum absolute atomic E-state index is 0.0842. The fourth-order valence-electron chi connectivity index (χ4n) is 4.03. The first-order chi connectivity index (χ1) is 14.1. The molecule has 1 fully saturated rings. The second-order valence-electron chi connectivity index (χ2n) is 7.40. The average molecular weight is 420 g/mol. The van der Waals surface area contributed by atoms with Crippen LogP contribution in [0.2, 0.25) is 0 Å². The zero-order valence-electron chi connectivity index (χ0n) is 16.0. The highest BCUT2D eigenvalue weighted by Gasteiger charge is 2.31. The Bertz CT molecular complexity index is 1170. The maximum atomic E-state index is 13.2. The number of likely N-dealkylation sites (tertiary alicyclic amines) is 1. The molecular formula is C20H19F3N4O3. The normalized spacial score (nSPS) is 15.7. The second kappa shape index (κ2) is 7.19. The maximum absolute atomic E-state index is 13.2. The Kier molecular flexibility index (Phi) is 4.79. The van der Waals surface area contributed by atoms with Gasteiger partial charge in [-0.2, -0.15) is 18.3 Å². The van der Waals surface area contributed by atoms with Crippen molar-refractivity contribution in [3.63, 3.8) is 0 Å². The van der Waals surface area contributed by atoms with Gasteiger partial charge < -0.3 is 15.0 Å². The minimum Gasteiger partial charge on any atom is -0.465 e. The van der Waals surface area contributed by atoms with Gasteiger partial charge in [-0.25, -0.2) is 9.31 Å². The lowest BCUT2D eigenvalue weighted by molar-refractivity contribution is -0.137. The van der Waals surface area contributed by atoms with Gasteiger partial charge in [0.15, 0.2) is 0 Å². The predicted molar refractivity (Wildman–Crippen MR) is 103 cm³/mol. The highest BCUT2D eigenvalue weighted by Crippen LogP contribution is 2.35. The Balaban J connectivity index is 1.81. The first-order valence-corrected chi connectivity index (χ1v) is 9.43. The molecule has 2 N–H and O–H groups in total. The molecule has 3 heterocycles. The summed E-state index contributed by atoms with van der Waals surface area (Å²) in [6.07, 6.45) is -4.40. The molecule has 4 rings (SSSR count). The van der Waals surface area contributed by atoms with Gasteiger partial charge in [-0.1, -0.05) is 12.1 Å². The second-order valence-corrected chi connectivity index (χ2v) is 7.40. The fourth-order valence-corrected chi connectivity index (χ4v) is 4.03. The molecule has 158 valence electrons. The first-order valence-electron chi connectivity index (χ1n) is 9.43. The summed E-state index contributed by atoms with van der Waals surface area (Å²) >= 11 is 0. The van der Waals surface area contributed by atoms with Crippen molar-refractivity contribution < 1.29 is 23.1 Å². The largest absolute Gasteiger partial charge is 0.465 e. The highest BCUT2D eigenvalue weighted by atomic mass is 19.4. The van der Waals surface area contributed by atoms with E-state index in [4.69, 9.17) is 5.11 Å².